The van der Waals surface area contributed by atoms with Crippen molar-refractivity contribution in [3.05, 3.63) is 130 Å². The zero-order valence-corrected chi connectivity index (χ0v) is 42.3. The van der Waals surface area contributed by atoms with Crippen LogP contribution in [0, 0.1) is 13.8 Å². The first-order valence-electron chi connectivity index (χ1n) is 24.7. The molecule has 1 saturated heterocycles. The zero-order chi connectivity index (χ0) is 50.7. The van der Waals surface area contributed by atoms with Crippen molar-refractivity contribution in [2.24, 2.45) is 4.99 Å². The van der Waals surface area contributed by atoms with Crippen molar-refractivity contribution in [1.29, 1.82) is 0 Å². The molecule has 72 heavy (non-hydrogen) atoms. The Hall–Kier alpha value is -7.00. The van der Waals surface area contributed by atoms with E-state index in [2.05, 4.69) is 43.3 Å². The number of methoxy groups -OCH3 is 1. The lowest BCUT2D eigenvalue weighted by Crippen LogP contribution is -2.33. The van der Waals surface area contributed by atoms with Crippen molar-refractivity contribution in [2.45, 2.75) is 115 Å². The maximum atomic E-state index is 14.1. The van der Waals surface area contributed by atoms with Crippen molar-refractivity contribution in [1.82, 2.24) is 14.9 Å². The van der Waals surface area contributed by atoms with Gasteiger partial charge in [-0.15, -0.1) is 16.8 Å². The van der Waals surface area contributed by atoms with Crippen LogP contribution in [0.15, 0.2) is 90.2 Å². The van der Waals surface area contributed by atoms with E-state index in [1.54, 1.807) is 24.1 Å². The molecule has 9 rings (SSSR count). The summed E-state index contributed by atoms with van der Waals surface area (Å²) in [4.78, 5) is 89.9. The number of carbonyl (C=O) groups excluding carboxylic acids is 6. The molecule has 374 valence electrons. The molecule has 0 spiro atoms. The summed E-state index contributed by atoms with van der Waals surface area (Å²) in [6, 6.07) is 23.9. The Bertz CT molecular complexity index is 2890. The van der Waals surface area contributed by atoms with Gasteiger partial charge < -0.3 is 28.8 Å². The van der Waals surface area contributed by atoms with Gasteiger partial charge in [-0.3, -0.25) is 29.0 Å². The van der Waals surface area contributed by atoms with Gasteiger partial charge in [0.1, 0.15) is 11.5 Å². The van der Waals surface area contributed by atoms with E-state index < -0.39 is 17.8 Å². The lowest BCUT2D eigenvalue weighted by Gasteiger charge is -2.23. The van der Waals surface area contributed by atoms with E-state index >= 15 is 0 Å². The van der Waals surface area contributed by atoms with Gasteiger partial charge >= 0.3 is 5.97 Å². The number of fused-ring (bicyclic) bond motifs is 4. The maximum absolute atomic E-state index is 14.1. The van der Waals surface area contributed by atoms with Crippen LogP contribution in [0.5, 0.6) is 17.2 Å². The Morgan fingerprint density at radius 3 is 2.14 bits per heavy atom. The summed E-state index contributed by atoms with van der Waals surface area (Å²) in [5.41, 5.74) is 10.1. The van der Waals surface area contributed by atoms with E-state index in [4.69, 9.17) is 24.0 Å². The second kappa shape index (κ2) is 21.4. The van der Waals surface area contributed by atoms with Gasteiger partial charge in [-0.1, -0.05) is 67.9 Å². The van der Waals surface area contributed by atoms with Crippen LogP contribution in [-0.2, 0) is 36.9 Å². The highest BCUT2D eigenvalue weighted by molar-refractivity contribution is 8.01. The van der Waals surface area contributed by atoms with E-state index in [9.17, 15) is 28.8 Å². The van der Waals surface area contributed by atoms with Gasteiger partial charge in [0.2, 0.25) is 0 Å². The molecule has 2 atom stereocenters. The number of carbonyl (C=O) groups is 6. The molecule has 0 saturated carbocycles. The Balaban J connectivity index is 0.730. The standard InChI is InChI=1S/C57H60N4O10S/c1-35-7-12-38(13-8-35)42-27-44-31-58-48-30-51(50(68-5)29-47(48)56(67)60(44)33-42)70-24-6-23-69-49-28-40-16-17-43-26-41(32-59(43)55(66)46(40)25-36(49)2)39-14-9-37(10-15-39)11-18-45(62)21-22-57(3,4)72-34-54(65)71-61-52(63)19-20-53(61)64/h7-10,12-15,25,28-33,43-44H,6,11,16-24,26-27,34H2,1-5H3/t43-,44+/m1/s1. The number of hydrogen-bond acceptors (Lipinski definition) is 12. The normalized spacial score (nSPS) is 18.2. The van der Waals surface area contributed by atoms with E-state index in [1.165, 1.54) is 17.3 Å². The van der Waals surface area contributed by atoms with Gasteiger partial charge in [0.05, 0.1) is 43.4 Å². The van der Waals surface area contributed by atoms with E-state index in [-0.39, 0.29) is 53.0 Å². The summed E-state index contributed by atoms with van der Waals surface area (Å²) in [7, 11) is 1.56. The lowest BCUT2D eigenvalue weighted by atomic mass is 9.95. The first-order chi connectivity index (χ1) is 34.6. The Morgan fingerprint density at radius 2 is 1.42 bits per heavy atom. The fraction of sp³-hybridized carbons (Fsp3) is 0.386. The van der Waals surface area contributed by atoms with Crippen LogP contribution in [-0.4, -0.2) is 99.4 Å². The van der Waals surface area contributed by atoms with E-state index in [0.29, 0.717) is 85.1 Å². The molecule has 0 unspecified atom stereocenters. The second-order valence-electron chi connectivity index (χ2n) is 19.7. The Labute approximate surface area is 424 Å². The molecular formula is C57H60N4O10S. The van der Waals surface area contributed by atoms with Gasteiger partial charge in [-0.25, -0.2) is 4.79 Å². The minimum atomic E-state index is -0.666. The molecule has 5 aliphatic rings. The largest absolute Gasteiger partial charge is 0.493 e. The number of imide groups is 1. The number of ether oxygens (including phenoxy) is 3. The molecule has 0 N–H and O–H groups in total. The Morgan fingerprint density at radius 1 is 0.750 bits per heavy atom. The molecule has 5 heterocycles. The average molecular weight is 993 g/mol. The number of hydroxylamine groups is 2. The van der Waals surface area contributed by atoms with Crippen LogP contribution in [0.25, 0.3) is 11.1 Å². The number of aryl methyl sites for hydroxylation is 4. The smallest absolute Gasteiger partial charge is 0.343 e. The SMILES string of the molecule is COc1cc2c(cc1OCCCOc1cc3c(cc1C)C(=O)N1C=C(c4ccc(CCC(=O)CCC(C)(C)SCC(=O)ON5C(=O)CCC5=O)cc4)C[C@H]1CC3)N=C[C@@H]1CC(c3ccc(C)cc3)=CN1C2=O. The minimum Gasteiger partial charge on any atom is -0.493 e. The topological polar surface area (TPSA) is 161 Å². The highest BCUT2D eigenvalue weighted by atomic mass is 32.2. The van der Waals surface area contributed by atoms with Gasteiger partial charge in [0, 0.05) is 79.6 Å². The molecule has 15 heteroatoms. The highest BCUT2D eigenvalue weighted by Crippen LogP contribution is 2.41. The summed E-state index contributed by atoms with van der Waals surface area (Å²) in [6.45, 7) is 8.67. The monoisotopic (exact) mass is 992 g/mol. The van der Waals surface area contributed by atoms with Crippen LogP contribution in [0.2, 0.25) is 0 Å². The van der Waals surface area contributed by atoms with E-state index in [1.807, 2.05) is 68.6 Å². The summed E-state index contributed by atoms with van der Waals surface area (Å²) < 4.78 is 17.8. The molecule has 0 bridgehead atoms. The molecule has 4 aromatic rings. The van der Waals surface area contributed by atoms with Crippen molar-refractivity contribution in [2.75, 3.05) is 26.1 Å². The fourth-order valence-electron chi connectivity index (χ4n) is 9.70. The molecule has 0 aromatic heterocycles. The third kappa shape index (κ3) is 11.2. The zero-order valence-electron chi connectivity index (χ0n) is 41.5. The molecule has 0 radical (unpaired) electrons. The van der Waals surface area contributed by atoms with Gasteiger partial charge in [-0.2, -0.15) is 0 Å². The molecular weight excluding hydrogens is 933 g/mol. The third-order valence-electron chi connectivity index (χ3n) is 14.0. The quantitative estimate of drug-likeness (QED) is 0.0650. The van der Waals surface area contributed by atoms with Crippen molar-refractivity contribution in [3.63, 3.8) is 0 Å². The molecule has 5 aliphatic heterocycles. The minimum absolute atomic E-state index is 0.0122. The number of nitrogens with zero attached hydrogens (tertiary/aromatic N) is 4. The van der Waals surface area contributed by atoms with Gasteiger partial charge in [0.15, 0.2) is 11.5 Å². The Kier molecular flexibility index (Phi) is 14.8. The predicted molar refractivity (Wildman–Crippen MR) is 275 cm³/mol. The third-order valence-corrected chi connectivity index (χ3v) is 15.4. The van der Waals surface area contributed by atoms with E-state index in [0.717, 1.165) is 64.0 Å². The average Bonchev–Trinajstić information content (AvgIpc) is 4.05. The summed E-state index contributed by atoms with van der Waals surface area (Å²) in [5, 5.41) is 0.553. The molecule has 0 aliphatic carbocycles. The number of aliphatic imine (C=N–C) groups is 1. The number of rotatable bonds is 19. The predicted octanol–water partition coefficient (Wildman–Crippen LogP) is 9.73. The van der Waals surface area contributed by atoms with Gasteiger partial charge in [0.25, 0.3) is 23.6 Å². The molecule has 4 aromatic carbocycles. The van der Waals surface area contributed by atoms with Gasteiger partial charge in [-0.05, 0) is 103 Å². The van der Waals surface area contributed by atoms with Crippen molar-refractivity contribution in [3.8, 4) is 17.2 Å². The summed E-state index contributed by atoms with van der Waals surface area (Å²) in [5.74, 6) is -0.0363. The highest BCUT2D eigenvalue weighted by Gasteiger charge is 2.37. The van der Waals surface area contributed by atoms with Crippen LogP contribution in [0.4, 0.5) is 5.69 Å². The number of Topliss-reactive ketones (excluding diaryl/α,β-unsaturated/α-hetero) is 1. The first kappa shape index (κ1) is 50.0. The maximum Gasteiger partial charge on any atom is 0.343 e. The fourth-order valence-corrected chi connectivity index (χ4v) is 10.5. The summed E-state index contributed by atoms with van der Waals surface area (Å²) >= 11 is 1.33. The summed E-state index contributed by atoms with van der Waals surface area (Å²) in [6.07, 6.45) is 11.4. The lowest BCUT2D eigenvalue weighted by molar-refractivity contribution is -0.195. The molecule has 14 nitrogen and oxygen atoms in total. The van der Waals surface area contributed by atoms with Crippen LogP contribution >= 0.6 is 11.8 Å². The number of hydrogen-bond donors (Lipinski definition) is 0. The van der Waals surface area contributed by atoms with Crippen LogP contribution in [0.3, 0.4) is 0 Å². The number of ketones is 1. The number of benzene rings is 4. The molecule has 1 fully saturated rings. The van der Waals surface area contributed by atoms with Crippen molar-refractivity contribution < 1.29 is 47.8 Å². The van der Waals surface area contributed by atoms with Crippen LogP contribution in [0.1, 0.15) is 126 Å². The van der Waals surface area contributed by atoms with Crippen molar-refractivity contribution >= 4 is 70.2 Å². The number of thioether (sulfide) groups is 1. The first-order valence-corrected chi connectivity index (χ1v) is 25.7. The second-order valence-corrected chi connectivity index (χ2v) is 21.4. The molecule has 4 amide bonds. The van der Waals surface area contributed by atoms with Crippen LogP contribution < -0.4 is 14.2 Å². The number of amides is 4.